The van der Waals surface area contributed by atoms with Crippen LogP contribution in [0.4, 0.5) is 0 Å². The highest BCUT2D eigenvalue weighted by Gasteiger charge is 2.29. The van der Waals surface area contributed by atoms with Gasteiger partial charge in [0.25, 0.3) is 0 Å². The summed E-state index contributed by atoms with van der Waals surface area (Å²) >= 11 is 1.73. The Bertz CT molecular complexity index is 384. The largest absolute Gasteiger partial charge is 0.392 e. The number of fused-ring (bicyclic) bond motifs is 1. The van der Waals surface area contributed by atoms with Crippen molar-refractivity contribution >= 4 is 11.8 Å². The molecule has 1 aliphatic heterocycles. The molecule has 0 saturated carbocycles. The molecule has 2 rings (SSSR count). The first-order chi connectivity index (χ1) is 7.58. The summed E-state index contributed by atoms with van der Waals surface area (Å²) in [7, 11) is 0. The molecular formula is C13H19NOS. The Morgan fingerprint density at radius 2 is 2.19 bits per heavy atom. The average Bonchev–Trinajstić information content (AvgIpc) is 2.26. The molecule has 16 heavy (non-hydrogen) atoms. The van der Waals surface area contributed by atoms with Crippen LogP contribution >= 0.6 is 11.8 Å². The highest BCUT2D eigenvalue weighted by molar-refractivity contribution is 7.98. The first-order valence-electron chi connectivity index (χ1n) is 5.60. The Labute approximate surface area is 101 Å². The van der Waals surface area contributed by atoms with Gasteiger partial charge in [0.15, 0.2) is 0 Å². The lowest BCUT2D eigenvalue weighted by molar-refractivity contribution is 0.275. The molecule has 0 aliphatic carbocycles. The molecule has 1 aliphatic rings. The molecule has 88 valence electrons. The van der Waals surface area contributed by atoms with Crippen molar-refractivity contribution in [1.29, 1.82) is 0 Å². The Balaban J connectivity index is 2.60. The zero-order valence-corrected chi connectivity index (χ0v) is 10.9. The number of aliphatic hydroxyl groups is 1. The molecule has 0 saturated heterocycles. The summed E-state index contributed by atoms with van der Waals surface area (Å²) in [6, 6.07) is 4.36. The first-order valence-corrected chi connectivity index (χ1v) is 6.83. The molecule has 2 N–H and O–H groups in total. The normalized spacial score (nSPS) is 18.2. The highest BCUT2D eigenvalue weighted by atomic mass is 32.2. The number of nitrogens with one attached hydrogen (secondary N) is 1. The van der Waals surface area contributed by atoms with Gasteiger partial charge in [-0.2, -0.15) is 0 Å². The standard InChI is InChI=1S/C13H19NOS/c1-13(2)8-14-6-9-4-11(16-3)5-10(7-15)12(9)13/h4-5,14-15H,6-8H2,1-3H3. The van der Waals surface area contributed by atoms with Gasteiger partial charge in [0, 0.05) is 23.4 Å². The maximum absolute atomic E-state index is 9.52. The van der Waals surface area contributed by atoms with E-state index < -0.39 is 0 Å². The Morgan fingerprint density at radius 3 is 2.81 bits per heavy atom. The summed E-state index contributed by atoms with van der Waals surface area (Å²) in [6.07, 6.45) is 2.07. The summed E-state index contributed by atoms with van der Waals surface area (Å²) in [4.78, 5) is 1.24. The van der Waals surface area contributed by atoms with E-state index in [2.05, 4.69) is 37.6 Å². The minimum absolute atomic E-state index is 0.114. The molecule has 0 spiro atoms. The van der Waals surface area contributed by atoms with Crippen LogP contribution in [-0.2, 0) is 18.6 Å². The van der Waals surface area contributed by atoms with Gasteiger partial charge in [-0.05, 0) is 35.1 Å². The minimum atomic E-state index is 0.114. The van der Waals surface area contributed by atoms with Crippen molar-refractivity contribution in [3.05, 3.63) is 28.8 Å². The number of thioether (sulfide) groups is 1. The predicted molar refractivity (Wildman–Crippen MR) is 68.9 cm³/mol. The van der Waals surface area contributed by atoms with Gasteiger partial charge in [-0.1, -0.05) is 13.8 Å². The molecule has 3 heteroatoms. The summed E-state index contributed by atoms with van der Waals surface area (Å²) in [5.41, 5.74) is 3.88. The Kier molecular flexibility index (Phi) is 3.29. The minimum Gasteiger partial charge on any atom is -0.392 e. The van der Waals surface area contributed by atoms with E-state index in [1.165, 1.54) is 16.0 Å². The van der Waals surface area contributed by atoms with Gasteiger partial charge in [-0.3, -0.25) is 0 Å². The van der Waals surface area contributed by atoms with Gasteiger partial charge in [0.1, 0.15) is 0 Å². The van der Waals surface area contributed by atoms with Crippen molar-refractivity contribution in [2.75, 3.05) is 12.8 Å². The maximum atomic E-state index is 9.52. The van der Waals surface area contributed by atoms with E-state index in [0.29, 0.717) is 0 Å². The maximum Gasteiger partial charge on any atom is 0.0685 e. The second-order valence-electron chi connectivity index (χ2n) is 4.97. The zero-order chi connectivity index (χ0) is 11.8. The second kappa shape index (κ2) is 4.40. The SMILES string of the molecule is CSc1cc(CO)c2c(c1)CNCC2(C)C. The van der Waals surface area contributed by atoms with Crippen LogP contribution < -0.4 is 5.32 Å². The zero-order valence-electron chi connectivity index (χ0n) is 10.1. The van der Waals surface area contributed by atoms with Crippen LogP contribution in [0.2, 0.25) is 0 Å². The van der Waals surface area contributed by atoms with Crippen molar-refractivity contribution in [1.82, 2.24) is 5.32 Å². The number of hydrogen-bond donors (Lipinski definition) is 2. The van der Waals surface area contributed by atoms with Crippen LogP contribution in [0.15, 0.2) is 17.0 Å². The number of aliphatic hydroxyl groups excluding tert-OH is 1. The van der Waals surface area contributed by atoms with Crippen LogP contribution in [0.3, 0.4) is 0 Å². The van der Waals surface area contributed by atoms with Gasteiger partial charge in [0.05, 0.1) is 6.61 Å². The van der Waals surface area contributed by atoms with E-state index in [0.717, 1.165) is 18.7 Å². The molecule has 0 fully saturated rings. The van der Waals surface area contributed by atoms with Crippen LogP contribution in [0.1, 0.15) is 30.5 Å². The third kappa shape index (κ3) is 1.99. The molecular weight excluding hydrogens is 218 g/mol. The van der Waals surface area contributed by atoms with E-state index in [1.807, 2.05) is 0 Å². The third-order valence-corrected chi connectivity index (χ3v) is 3.95. The Hall–Kier alpha value is -0.510. The fourth-order valence-electron chi connectivity index (χ4n) is 2.58. The van der Waals surface area contributed by atoms with E-state index in [1.54, 1.807) is 11.8 Å². The van der Waals surface area contributed by atoms with Crippen molar-refractivity contribution in [3.8, 4) is 0 Å². The number of benzene rings is 1. The molecule has 0 bridgehead atoms. The molecule has 0 unspecified atom stereocenters. The van der Waals surface area contributed by atoms with Crippen molar-refractivity contribution in [2.24, 2.45) is 0 Å². The van der Waals surface area contributed by atoms with Crippen molar-refractivity contribution in [2.45, 2.75) is 37.3 Å². The smallest absolute Gasteiger partial charge is 0.0685 e. The molecule has 0 amide bonds. The topological polar surface area (TPSA) is 32.3 Å². The predicted octanol–water partition coefficient (Wildman–Crippen LogP) is 2.28. The summed E-state index contributed by atoms with van der Waals surface area (Å²) in [5.74, 6) is 0. The lowest BCUT2D eigenvalue weighted by atomic mass is 9.76. The fraction of sp³-hybridized carbons (Fsp3) is 0.538. The van der Waals surface area contributed by atoms with Gasteiger partial charge in [0.2, 0.25) is 0 Å². The molecule has 0 aromatic heterocycles. The van der Waals surface area contributed by atoms with Crippen LogP contribution in [-0.4, -0.2) is 17.9 Å². The quantitative estimate of drug-likeness (QED) is 0.774. The van der Waals surface area contributed by atoms with Crippen molar-refractivity contribution < 1.29 is 5.11 Å². The third-order valence-electron chi connectivity index (χ3n) is 3.24. The van der Waals surface area contributed by atoms with Crippen LogP contribution in [0.25, 0.3) is 0 Å². The highest BCUT2D eigenvalue weighted by Crippen LogP contribution is 2.35. The van der Waals surface area contributed by atoms with Gasteiger partial charge < -0.3 is 10.4 Å². The number of rotatable bonds is 2. The molecule has 1 heterocycles. The molecule has 1 aromatic rings. The second-order valence-corrected chi connectivity index (χ2v) is 5.85. The summed E-state index contributed by atoms with van der Waals surface area (Å²) < 4.78 is 0. The molecule has 1 aromatic carbocycles. The van der Waals surface area contributed by atoms with Gasteiger partial charge in [-0.15, -0.1) is 11.8 Å². The van der Waals surface area contributed by atoms with E-state index in [4.69, 9.17) is 0 Å². The molecule has 0 radical (unpaired) electrons. The average molecular weight is 237 g/mol. The van der Waals surface area contributed by atoms with E-state index in [-0.39, 0.29) is 12.0 Å². The van der Waals surface area contributed by atoms with E-state index >= 15 is 0 Å². The van der Waals surface area contributed by atoms with Crippen LogP contribution in [0, 0.1) is 0 Å². The lowest BCUT2D eigenvalue weighted by Crippen LogP contribution is -2.39. The summed E-state index contributed by atoms with van der Waals surface area (Å²) in [5, 5.41) is 13.0. The number of hydrogen-bond acceptors (Lipinski definition) is 3. The lowest BCUT2D eigenvalue weighted by Gasteiger charge is -2.35. The van der Waals surface area contributed by atoms with Gasteiger partial charge >= 0.3 is 0 Å². The Morgan fingerprint density at radius 1 is 1.44 bits per heavy atom. The molecule has 2 nitrogen and oxygen atoms in total. The fourth-order valence-corrected chi connectivity index (χ4v) is 3.11. The van der Waals surface area contributed by atoms with Crippen LogP contribution in [0.5, 0.6) is 0 Å². The van der Waals surface area contributed by atoms with Gasteiger partial charge in [-0.25, -0.2) is 0 Å². The first kappa shape index (κ1) is 12.0. The summed E-state index contributed by atoms with van der Waals surface area (Å²) in [6.45, 7) is 6.50. The molecule has 0 atom stereocenters. The van der Waals surface area contributed by atoms with E-state index in [9.17, 15) is 5.11 Å². The van der Waals surface area contributed by atoms with Crippen molar-refractivity contribution in [3.63, 3.8) is 0 Å². The monoisotopic (exact) mass is 237 g/mol.